The van der Waals surface area contributed by atoms with Gasteiger partial charge in [0, 0.05) is 25.7 Å². The van der Waals surface area contributed by atoms with E-state index in [0.717, 1.165) is 22.8 Å². The second-order valence-corrected chi connectivity index (χ2v) is 10.3. The van der Waals surface area contributed by atoms with E-state index >= 15 is 0 Å². The van der Waals surface area contributed by atoms with Gasteiger partial charge in [0.2, 0.25) is 6.04 Å². The number of aromatic nitrogens is 2. The number of aryl methyl sites for hydroxylation is 4. The van der Waals surface area contributed by atoms with Crippen molar-refractivity contribution in [2.45, 2.75) is 40.7 Å². The average molecular weight is 719 g/mol. The molecule has 1 aliphatic rings. The van der Waals surface area contributed by atoms with Crippen molar-refractivity contribution in [3.05, 3.63) is 137 Å². The van der Waals surface area contributed by atoms with Crippen molar-refractivity contribution in [1.29, 1.82) is 0 Å². The minimum absolute atomic E-state index is 0. The van der Waals surface area contributed by atoms with Gasteiger partial charge in [0.25, 0.3) is 0 Å². The van der Waals surface area contributed by atoms with Crippen molar-refractivity contribution in [3.63, 3.8) is 0 Å². The van der Waals surface area contributed by atoms with E-state index in [-0.39, 0.29) is 27.1 Å². The topological polar surface area (TPSA) is 33.2 Å². The molecule has 5 aromatic rings. The molecule has 2 heterocycles. The Hall–Kier alpha value is -3.88. The minimum atomic E-state index is 0. The molecule has 0 amide bonds. The Bertz CT molecular complexity index is 1660. The summed E-state index contributed by atoms with van der Waals surface area (Å²) in [6, 6.07) is 35.4. The quantitative estimate of drug-likeness (QED) is 0.135. The van der Waals surface area contributed by atoms with Crippen LogP contribution in [0.5, 0.6) is 0 Å². The van der Waals surface area contributed by atoms with Gasteiger partial charge < -0.3 is 4.57 Å². The van der Waals surface area contributed by atoms with Crippen molar-refractivity contribution < 1.29 is 25.8 Å². The number of para-hydroxylation sites is 1. The molecule has 1 unspecified atom stereocenters. The van der Waals surface area contributed by atoms with Crippen LogP contribution in [-0.2, 0) is 28.1 Å². The van der Waals surface area contributed by atoms with E-state index in [1.807, 2.05) is 65.6 Å². The van der Waals surface area contributed by atoms with Crippen molar-refractivity contribution in [3.8, 4) is 22.6 Å². The molecule has 0 spiro atoms. The standard InChI is InChI=1S/C18H17N2.C18H18N2.Pt/c1-13-8-7-9-14(2)17(13)16-12-19-18(20(16)3)15-10-5-4-6-11-15;1-13-8-7-9-14(2)18(13)17-12-19-20(15(17)3)16-10-5-4-6-11-16;/h4-10,12H,1-3H3;4-10,12,15H,1-3H3;/q-1;;+2. The fourth-order valence-corrected chi connectivity index (χ4v) is 5.45. The van der Waals surface area contributed by atoms with Gasteiger partial charge >= 0.3 is 21.1 Å². The molecule has 0 fully saturated rings. The first-order valence-electron chi connectivity index (χ1n) is 13.7. The Morgan fingerprint density at radius 2 is 1.32 bits per heavy atom. The van der Waals surface area contributed by atoms with Crippen molar-refractivity contribution in [2.75, 3.05) is 0 Å². The van der Waals surface area contributed by atoms with Crippen molar-refractivity contribution >= 4 is 11.3 Å². The molecule has 0 saturated heterocycles. The molecule has 6 rings (SSSR count). The first kappa shape index (κ1) is 30.1. The maximum atomic E-state index is 4.58. The molecular weight excluding hydrogens is 684 g/mol. The Morgan fingerprint density at radius 1 is 0.732 bits per heavy atom. The molecule has 1 aliphatic heterocycles. The largest absolute Gasteiger partial charge is 2.00 e. The Kier molecular flexibility index (Phi) is 9.68. The number of azo groups is 2. The summed E-state index contributed by atoms with van der Waals surface area (Å²) in [5, 5.41) is 4.57. The summed E-state index contributed by atoms with van der Waals surface area (Å²) < 4.78 is 4.17. The third-order valence-electron chi connectivity index (χ3n) is 7.52. The maximum Gasteiger partial charge on any atom is 2.00 e. The third-order valence-corrected chi connectivity index (χ3v) is 7.52. The summed E-state index contributed by atoms with van der Waals surface area (Å²) in [5.41, 5.74) is 12.2. The van der Waals surface area contributed by atoms with E-state index in [1.165, 1.54) is 39.0 Å². The Morgan fingerprint density at radius 3 is 1.88 bits per heavy atom. The van der Waals surface area contributed by atoms with Crippen molar-refractivity contribution in [2.24, 2.45) is 12.2 Å². The molecule has 0 N–H and O–H groups in total. The van der Waals surface area contributed by atoms with Crippen LogP contribution in [0.1, 0.15) is 34.7 Å². The van der Waals surface area contributed by atoms with Crippen LogP contribution in [0.4, 0.5) is 5.69 Å². The number of hydrogen-bond acceptors (Lipinski definition) is 2. The first-order chi connectivity index (χ1) is 19.4. The minimum Gasteiger partial charge on any atom is -0.367 e. The summed E-state index contributed by atoms with van der Waals surface area (Å²) in [4.78, 5) is 4.58. The van der Waals surface area contributed by atoms with E-state index < -0.39 is 0 Å². The zero-order chi connectivity index (χ0) is 28.2. The molecule has 0 bridgehead atoms. The number of imidazole rings is 1. The fraction of sp³-hybridized carbons (Fsp3) is 0.194. The second-order valence-electron chi connectivity index (χ2n) is 10.3. The number of rotatable bonds is 4. The molecule has 208 valence electrons. The van der Waals surface area contributed by atoms with E-state index in [2.05, 4.69) is 105 Å². The van der Waals surface area contributed by atoms with Gasteiger partial charge in [0.05, 0.1) is 17.1 Å². The van der Waals surface area contributed by atoms with Gasteiger partial charge in [-0.2, -0.15) is 18.2 Å². The van der Waals surface area contributed by atoms with Gasteiger partial charge in [-0.3, -0.25) is 4.98 Å². The number of hydrogen-bond donors (Lipinski definition) is 0. The van der Waals surface area contributed by atoms with Crippen molar-refractivity contribution in [1.82, 2.24) is 9.55 Å². The Balaban J connectivity index is 0.000000184. The third kappa shape index (κ3) is 6.23. The Labute approximate surface area is 258 Å². The van der Waals surface area contributed by atoms with Crippen LogP contribution >= 0.6 is 0 Å². The molecule has 4 nitrogen and oxygen atoms in total. The molecule has 1 atom stereocenters. The predicted octanol–water partition coefficient (Wildman–Crippen LogP) is 8.81. The van der Waals surface area contributed by atoms with Crippen LogP contribution in [0.15, 0.2) is 102 Å². The molecule has 0 saturated carbocycles. The first-order valence-corrected chi connectivity index (χ1v) is 13.7. The van der Waals surface area contributed by atoms with Gasteiger partial charge in [0.1, 0.15) is 11.9 Å². The summed E-state index contributed by atoms with van der Waals surface area (Å²) in [6.45, 7) is 10.8. The summed E-state index contributed by atoms with van der Waals surface area (Å²) in [5.74, 6) is 0.947. The van der Waals surface area contributed by atoms with Crippen LogP contribution in [0, 0.1) is 39.8 Å². The van der Waals surface area contributed by atoms with Crippen LogP contribution in [0.3, 0.4) is 0 Å². The normalized spacial score (nSPS) is 14.0. The second kappa shape index (κ2) is 13.2. The monoisotopic (exact) mass is 718 g/mol. The number of nitrogens with zero attached hydrogens (tertiary/aromatic N) is 4. The van der Waals surface area contributed by atoms with Gasteiger partial charge in [0.15, 0.2) is 0 Å². The molecule has 41 heavy (non-hydrogen) atoms. The molecular formula is C36H35N4Pt+. The van der Waals surface area contributed by atoms with Gasteiger partial charge in [-0.1, -0.05) is 42.5 Å². The maximum absolute atomic E-state index is 4.58. The zero-order valence-corrected chi connectivity index (χ0v) is 26.7. The molecule has 5 heteroatoms. The van der Waals surface area contributed by atoms with Crippen LogP contribution < -0.4 is 0 Å². The van der Waals surface area contributed by atoms with E-state index in [0.29, 0.717) is 0 Å². The van der Waals surface area contributed by atoms with Crippen LogP contribution in [-0.4, -0.2) is 20.3 Å². The SMILES string of the molecule is Cc1cccc(C)c1-c1cnc(-c2[c-]cccc2)n1C.Cc1cccc(C)c1C1=CN=[N+](c2[c-]cccc2)C1C.[Pt+2]. The summed E-state index contributed by atoms with van der Waals surface area (Å²) >= 11 is 0. The smallest absolute Gasteiger partial charge is 0.367 e. The molecule has 1 aromatic heterocycles. The van der Waals surface area contributed by atoms with Gasteiger partial charge in [-0.05, 0) is 60.6 Å². The molecule has 0 aliphatic carbocycles. The van der Waals surface area contributed by atoms with Crippen LogP contribution in [0.2, 0.25) is 0 Å². The average Bonchev–Trinajstić information content (AvgIpc) is 3.52. The fourth-order valence-electron chi connectivity index (χ4n) is 5.45. The molecule has 0 radical (unpaired) electrons. The van der Waals surface area contributed by atoms with E-state index in [4.69, 9.17) is 0 Å². The summed E-state index contributed by atoms with van der Waals surface area (Å²) in [6.07, 6.45) is 3.94. The zero-order valence-electron chi connectivity index (χ0n) is 24.4. The predicted molar refractivity (Wildman–Crippen MR) is 163 cm³/mol. The molecule has 4 aromatic carbocycles. The number of benzene rings is 4. The van der Waals surface area contributed by atoms with E-state index in [9.17, 15) is 0 Å². The van der Waals surface area contributed by atoms with E-state index in [1.54, 1.807) is 0 Å². The van der Waals surface area contributed by atoms with Crippen LogP contribution in [0.25, 0.3) is 28.2 Å². The summed E-state index contributed by atoms with van der Waals surface area (Å²) in [7, 11) is 2.06. The van der Waals surface area contributed by atoms with Gasteiger partial charge in [-0.25, -0.2) is 0 Å². The van der Waals surface area contributed by atoms with Gasteiger partial charge in [-0.15, -0.1) is 46.7 Å².